The Labute approximate surface area is 177 Å². The second-order valence-corrected chi connectivity index (χ2v) is 9.40. The number of carbonyl (C=O) groups is 2. The quantitative estimate of drug-likeness (QED) is 0.816. The molecule has 0 unspecified atom stereocenters. The Kier molecular flexibility index (Phi) is 5.87. The van der Waals surface area contributed by atoms with E-state index in [0.717, 1.165) is 32.2 Å². The zero-order valence-electron chi connectivity index (χ0n) is 17.0. The van der Waals surface area contributed by atoms with E-state index < -0.39 is 5.54 Å². The predicted octanol–water partition coefficient (Wildman–Crippen LogP) is 2.25. The fourth-order valence-corrected chi connectivity index (χ4v) is 5.37. The van der Waals surface area contributed by atoms with E-state index >= 15 is 0 Å². The maximum absolute atomic E-state index is 13.1. The maximum atomic E-state index is 13.1. The van der Waals surface area contributed by atoms with Gasteiger partial charge in [-0.05, 0) is 44.0 Å². The lowest BCUT2D eigenvalue weighted by molar-refractivity contribution is -0.144. The van der Waals surface area contributed by atoms with E-state index in [0.29, 0.717) is 36.8 Å². The molecule has 7 heteroatoms. The van der Waals surface area contributed by atoms with Crippen LogP contribution in [0.1, 0.15) is 43.0 Å². The van der Waals surface area contributed by atoms with Gasteiger partial charge < -0.3 is 14.9 Å². The molecule has 1 aromatic carbocycles. The Hall–Kier alpha value is -1.63. The van der Waals surface area contributed by atoms with Gasteiger partial charge in [0.1, 0.15) is 0 Å². The van der Waals surface area contributed by atoms with Crippen LogP contribution in [0.15, 0.2) is 24.3 Å². The molecule has 1 N–H and O–H groups in total. The van der Waals surface area contributed by atoms with Crippen molar-refractivity contribution in [1.82, 2.24) is 14.7 Å². The first-order chi connectivity index (χ1) is 13.9. The number of rotatable bonds is 3. The Morgan fingerprint density at radius 1 is 1.10 bits per heavy atom. The second kappa shape index (κ2) is 8.25. The Bertz CT molecular complexity index is 765. The van der Waals surface area contributed by atoms with Crippen molar-refractivity contribution in [3.8, 4) is 0 Å². The van der Waals surface area contributed by atoms with Crippen molar-refractivity contribution in [1.29, 1.82) is 0 Å². The van der Waals surface area contributed by atoms with Crippen molar-refractivity contribution < 1.29 is 14.7 Å². The molecule has 29 heavy (non-hydrogen) atoms. The maximum Gasteiger partial charge on any atom is 0.253 e. The van der Waals surface area contributed by atoms with Crippen LogP contribution < -0.4 is 0 Å². The molecule has 2 heterocycles. The predicted molar refractivity (Wildman–Crippen MR) is 112 cm³/mol. The zero-order chi connectivity index (χ0) is 20.6. The van der Waals surface area contributed by atoms with Crippen LogP contribution in [0, 0.1) is 5.92 Å². The lowest BCUT2D eigenvalue weighted by Gasteiger charge is -2.56. The summed E-state index contributed by atoms with van der Waals surface area (Å²) in [6, 6.07) is 6.96. The number of piperazine rings is 2. The van der Waals surface area contributed by atoms with Crippen molar-refractivity contribution in [2.75, 3.05) is 39.3 Å². The van der Waals surface area contributed by atoms with Gasteiger partial charge in [0.15, 0.2) is 0 Å². The second-order valence-electron chi connectivity index (χ2n) is 8.96. The third-order valence-electron chi connectivity index (χ3n) is 6.87. The van der Waals surface area contributed by atoms with Crippen LogP contribution in [0.4, 0.5) is 0 Å². The number of aliphatic hydroxyl groups excluding tert-OH is 1. The molecule has 1 aliphatic carbocycles. The van der Waals surface area contributed by atoms with Gasteiger partial charge in [-0.3, -0.25) is 14.5 Å². The number of halogens is 1. The van der Waals surface area contributed by atoms with Crippen LogP contribution >= 0.6 is 11.6 Å². The van der Waals surface area contributed by atoms with Gasteiger partial charge in [0, 0.05) is 55.3 Å². The van der Waals surface area contributed by atoms with Crippen LogP contribution in [-0.4, -0.2) is 82.5 Å². The van der Waals surface area contributed by atoms with Gasteiger partial charge in [-0.1, -0.05) is 24.4 Å². The van der Waals surface area contributed by atoms with E-state index in [4.69, 9.17) is 11.6 Å². The number of benzene rings is 1. The molecule has 1 aromatic rings. The number of aliphatic hydroxyl groups is 1. The number of carbonyl (C=O) groups excluding carboxylic acids is 2. The first-order valence-corrected chi connectivity index (χ1v) is 11.0. The third-order valence-corrected chi connectivity index (χ3v) is 7.13. The van der Waals surface area contributed by atoms with Crippen LogP contribution in [0.3, 0.4) is 0 Å². The highest BCUT2D eigenvalue weighted by atomic mass is 35.5. The van der Waals surface area contributed by atoms with Crippen LogP contribution in [0.2, 0.25) is 5.02 Å². The first-order valence-electron chi connectivity index (χ1n) is 10.6. The summed E-state index contributed by atoms with van der Waals surface area (Å²) >= 11 is 5.96. The largest absolute Gasteiger partial charge is 0.394 e. The molecule has 158 valence electrons. The molecule has 4 rings (SSSR count). The molecule has 1 saturated carbocycles. The van der Waals surface area contributed by atoms with Crippen molar-refractivity contribution in [3.63, 3.8) is 0 Å². The van der Waals surface area contributed by atoms with Gasteiger partial charge in [0.05, 0.1) is 12.1 Å². The first kappa shape index (κ1) is 20.6. The van der Waals surface area contributed by atoms with E-state index in [1.807, 2.05) is 16.7 Å². The number of nitrogens with zero attached hydrogens (tertiary/aromatic N) is 3. The average molecular weight is 420 g/mol. The summed E-state index contributed by atoms with van der Waals surface area (Å²) in [4.78, 5) is 32.2. The van der Waals surface area contributed by atoms with E-state index in [9.17, 15) is 14.7 Å². The monoisotopic (exact) mass is 419 g/mol. The summed E-state index contributed by atoms with van der Waals surface area (Å²) in [7, 11) is 0. The topological polar surface area (TPSA) is 64.1 Å². The Morgan fingerprint density at radius 2 is 1.76 bits per heavy atom. The third kappa shape index (κ3) is 4.03. The summed E-state index contributed by atoms with van der Waals surface area (Å²) in [5.74, 6) is 0.385. The molecule has 2 amide bonds. The summed E-state index contributed by atoms with van der Waals surface area (Å²) in [5, 5.41) is 10.8. The van der Waals surface area contributed by atoms with Gasteiger partial charge in [0.25, 0.3) is 5.91 Å². The number of amides is 2. The van der Waals surface area contributed by atoms with Gasteiger partial charge in [-0.25, -0.2) is 0 Å². The normalized spacial score (nSPS) is 28.4. The van der Waals surface area contributed by atoms with Crippen LogP contribution in [0.25, 0.3) is 0 Å². The highest BCUT2D eigenvalue weighted by molar-refractivity contribution is 6.30. The smallest absolute Gasteiger partial charge is 0.253 e. The molecular formula is C22H30ClN3O3. The van der Waals surface area contributed by atoms with Gasteiger partial charge in [-0.2, -0.15) is 0 Å². The number of hydrogen-bond donors (Lipinski definition) is 1. The molecule has 0 spiro atoms. The molecule has 3 fully saturated rings. The molecular weight excluding hydrogens is 390 g/mol. The average Bonchev–Trinajstić information content (AvgIpc) is 3.27. The van der Waals surface area contributed by atoms with Gasteiger partial charge >= 0.3 is 0 Å². The summed E-state index contributed by atoms with van der Waals surface area (Å²) in [5.41, 5.74) is 0.0888. The molecule has 2 aliphatic heterocycles. The molecule has 0 bridgehead atoms. The van der Waals surface area contributed by atoms with Crippen molar-refractivity contribution in [2.45, 2.75) is 44.2 Å². The Morgan fingerprint density at radius 3 is 2.41 bits per heavy atom. The van der Waals surface area contributed by atoms with E-state index in [1.54, 1.807) is 24.3 Å². The summed E-state index contributed by atoms with van der Waals surface area (Å²) < 4.78 is 0. The molecule has 6 nitrogen and oxygen atoms in total. The highest BCUT2D eigenvalue weighted by Crippen LogP contribution is 2.32. The fourth-order valence-electron chi connectivity index (χ4n) is 5.24. The summed E-state index contributed by atoms with van der Waals surface area (Å²) in [6.45, 7) is 5.08. The van der Waals surface area contributed by atoms with Gasteiger partial charge in [-0.15, -0.1) is 0 Å². The van der Waals surface area contributed by atoms with Crippen molar-refractivity contribution in [2.24, 2.45) is 5.92 Å². The molecule has 0 aromatic heterocycles. The van der Waals surface area contributed by atoms with E-state index in [1.165, 1.54) is 0 Å². The van der Waals surface area contributed by atoms with Crippen LogP contribution in [0.5, 0.6) is 0 Å². The minimum absolute atomic E-state index is 0.0233. The lowest BCUT2D eigenvalue weighted by Crippen LogP contribution is -2.72. The number of fused-ring (bicyclic) bond motifs is 1. The fraction of sp³-hybridized carbons (Fsp3) is 0.636. The minimum atomic E-state index is -0.506. The van der Waals surface area contributed by atoms with Gasteiger partial charge in [0.2, 0.25) is 5.91 Å². The standard InChI is InChI=1S/C22H30ClN3O3/c1-22(15-27)14-25(21(29)17-6-8-18(23)9-7-17)13-19-12-24(10-11-26(19)22)20(28)16-4-2-3-5-16/h6-9,16,19,27H,2-5,10-15H2,1H3/t19-,22-/m0/s1. The summed E-state index contributed by atoms with van der Waals surface area (Å²) in [6.07, 6.45) is 4.29. The SMILES string of the molecule is C[C@@]1(CO)CN(C(=O)c2ccc(Cl)cc2)C[C@@H]2CN(C(=O)C3CCCC3)CCN21. The molecule has 0 radical (unpaired) electrons. The van der Waals surface area contributed by atoms with Crippen molar-refractivity contribution >= 4 is 23.4 Å². The lowest BCUT2D eigenvalue weighted by atomic mass is 9.90. The molecule has 3 aliphatic rings. The van der Waals surface area contributed by atoms with Crippen LogP contribution in [-0.2, 0) is 4.79 Å². The molecule has 2 atom stereocenters. The van der Waals surface area contributed by atoms with E-state index in [2.05, 4.69) is 4.90 Å². The highest BCUT2D eigenvalue weighted by Gasteiger charge is 2.47. The zero-order valence-corrected chi connectivity index (χ0v) is 17.8. The number of hydrogen-bond acceptors (Lipinski definition) is 4. The minimum Gasteiger partial charge on any atom is -0.394 e. The Balaban J connectivity index is 1.51. The van der Waals surface area contributed by atoms with E-state index in [-0.39, 0.29) is 30.4 Å². The van der Waals surface area contributed by atoms with Crippen molar-refractivity contribution in [3.05, 3.63) is 34.9 Å². The molecule has 2 saturated heterocycles.